The van der Waals surface area contributed by atoms with Gasteiger partial charge in [-0.15, -0.1) is 0 Å². The Morgan fingerprint density at radius 2 is 1.55 bits per heavy atom. The SMILES string of the molecule is CC[NH+](CC)CCOC(=O)c1ccc(NC(=O)C23CC4CC(CC(C4)C2)C3)cc1. The second-order valence-electron chi connectivity index (χ2n) is 9.57. The highest BCUT2D eigenvalue weighted by atomic mass is 16.5. The molecule has 0 heterocycles. The summed E-state index contributed by atoms with van der Waals surface area (Å²) >= 11 is 0. The Morgan fingerprint density at radius 3 is 2.07 bits per heavy atom. The highest BCUT2D eigenvalue weighted by molar-refractivity contribution is 5.96. The smallest absolute Gasteiger partial charge is 0.338 e. The molecule has 1 aromatic carbocycles. The number of rotatable bonds is 8. The molecular weight excluding hydrogens is 364 g/mol. The summed E-state index contributed by atoms with van der Waals surface area (Å²) in [5.41, 5.74) is 1.15. The standard InChI is InChI=1S/C24H34N2O3/c1-3-26(4-2)9-10-29-22(27)20-5-7-21(8-6-20)25-23(28)24-14-17-11-18(15-24)13-19(12-17)16-24/h5-8,17-19H,3-4,9-16H2,1-2H3,(H,25,28)/p+1. The van der Waals surface area contributed by atoms with Crippen molar-refractivity contribution in [3.8, 4) is 0 Å². The number of quaternary nitrogens is 1. The first-order valence-corrected chi connectivity index (χ1v) is 11.4. The average molecular weight is 400 g/mol. The molecule has 4 aliphatic rings. The Morgan fingerprint density at radius 1 is 1.00 bits per heavy atom. The maximum atomic E-state index is 13.1. The van der Waals surface area contributed by atoms with Crippen LogP contribution in [0.1, 0.15) is 62.7 Å². The molecule has 5 rings (SSSR count). The molecule has 4 fully saturated rings. The molecule has 1 aromatic rings. The predicted octanol–water partition coefficient (Wildman–Crippen LogP) is 2.92. The van der Waals surface area contributed by atoms with Gasteiger partial charge in [0.2, 0.25) is 5.91 Å². The van der Waals surface area contributed by atoms with Gasteiger partial charge in [0.15, 0.2) is 0 Å². The maximum absolute atomic E-state index is 13.1. The van der Waals surface area contributed by atoms with E-state index in [0.29, 0.717) is 12.2 Å². The molecule has 0 atom stereocenters. The van der Waals surface area contributed by atoms with Crippen LogP contribution < -0.4 is 10.2 Å². The molecule has 5 heteroatoms. The van der Waals surface area contributed by atoms with E-state index >= 15 is 0 Å². The first-order valence-electron chi connectivity index (χ1n) is 11.4. The Labute approximate surface area is 174 Å². The molecule has 0 unspecified atom stereocenters. The fourth-order valence-electron chi connectivity index (χ4n) is 6.32. The fourth-order valence-corrected chi connectivity index (χ4v) is 6.32. The van der Waals surface area contributed by atoms with E-state index in [-0.39, 0.29) is 17.3 Å². The lowest BCUT2D eigenvalue weighted by atomic mass is 9.49. The van der Waals surface area contributed by atoms with Crippen molar-refractivity contribution in [3.63, 3.8) is 0 Å². The predicted molar refractivity (Wildman–Crippen MR) is 113 cm³/mol. The van der Waals surface area contributed by atoms with E-state index in [1.807, 2.05) is 12.1 Å². The van der Waals surface area contributed by atoms with Crippen LogP contribution in [0.2, 0.25) is 0 Å². The monoisotopic (exact) mass is 399 g/mol. The van der Waals surface area contributed by atoms with Gasteiger partial charge in [-0.25, -0.2) is 4.79 Å². The zero-order valence-corrected chi connectivity index (χ0v) is 17.8. The van der Waals surface area contributed by atoms with Crippen LogP contribution >= 0.6 is 0 Å². The molecule has 0 aliphatic heterocycles. The van der Waals surface area contributed by atoms with E-state index < -0.39 is 0 Å². The molecular formula is C24H35N2O3+. The van der Waals surface area contributed by atoms with Crippen molar-refractivity contribution in [2.24, 2.45) is 23.2 Å². The topological polar surface area (TPSA) is 59.8 Å². The van der Waals surface area contributed by atoms with Crippen molar-refractivity contribution in [2.45, 2.75) is 52.4 Å². The molecule has 5 nitrogen and oxygen atoms in total. The van der Waals surface area contributed by atoms with Crippen LogP contribution in [0.25, 0.3) is 0 Å². The number of likely N-dealkylation sites (N-methyl/N-ethyl adjacent to an activating group) is 1. The van der Waals surface area contributed by atoms with E-state index in [2.05, 4.69) is 19.2 Å². The number of carbonyl (C=O) groups is 2. The van der Waals surface area contributed by atoms with Gasteiger partial charge in [0, 0.05) is 5.69 Å². The Hall–Kier alpha value is -1.88. The van der Waals surface area contributed by atoms with Crippen LogP contribution in [0.4, 0.5) is 5.69 Å². The first kappa shape index (κ1) is 20.4. The molecule has 4 bridgehead atoms. The number of ether oxygens (including phenoxy) is 1. The van der Waals surface area contributed by atoms with Crippen LogP contribution in [-0.2, 0) is 9.53 Å². The number of amides is 1. The van der Waals surface area contributed by atoms with Gasteiger partial charge >= 0.3 is 5.97 Å². The number of nitrogens with one attached hydrogen (secondary N) is 2. The number of hydrogen-bond acceptors (Lipinski definition) is 3. The number of benzene rings is 1. The summed E-state index contributed by atoms with van der Waals surface area (Å²) in [5.74, 6) is 2.15. The van der Waals surface area contributed by atoms with Gasteiger partial charge in [0.05, 0.1) is 24.1 Å². The van der Waals surface area contributed by atoms with Crippen LogP contribution in [0, 0.1) is 23.2 Å². The van der Waals surface area contributed by atoms with Crippen molar-refractivity contribution < 1.29 is 19.2 Å². The third kappa shape index (κ3) is 4.35. The van der Waals surface area contributed by atoms with Gasteiger partial charge in [-0.3, -0.25) is 4.79 Å². The minimum absolute atomic E-state index is 0.154. The van der Waals surface area contributed by atoms with E-state index in [9.17, 15) is 9.59 Å². The molecule has 0 spiro atoms. The minimum atomic E-state index is -0.296. The first-order chi connectivity index (χ1) is 14.0. The molecule has 4 saturated carbocycles. The number of esters is 1. The van der Waals surface area contributed by atoms with Gasteiger partial charge in [-0.1, -0.05) is 0 Å². The maximum Gasteiger partial charge on any atom is 0.338 e. The van der Waals surface area contributed by atoms with Crippen LogP contribution in [0.5, 0.6) is 0 Å². The normalized spacial score (nSPS) is 29.8. The van der Waals surface area contributed by atoms with Crippen LogP contribution in [0.15, 0.2) is 24.3 Å². The van der Waals surface area contributed by atoms with Crippen molar-refractivity contribution in [1.82, 2.24) is 0 Å². The van der Waals surface area contributed by atoms with Crippen molar-refractivity contribution >= 4 is 17.6 Å². The molecule has 158 valence electrons. The molecule has 0 radical (unpaired) electrons. The van der Waals surface area contributed by atoms with E-state index in [0.717, 1.165) is 62.3 Å². The largest absolute Gasteiger partial charge is 0.456 e. The summed E-state index contributed by atoms with van der Waals surface area (Å²) in [7, 11) is 0. The highest BCUT2D eigenvalue weighted by Gasteiger charge is 2.54. The van der Waals surface area contributed by atoms with Gasteiger partial charge in [0.25, 0.3) is 0 Å². The van der Waals surface area contributed by atoms with Crippen molar-refractivity contribution in [3.05, 3.63) is 29.8 Å². The third-order valence-electron chi connectivity index (χ3n) is 7.59. The quantitative estimate of drug-likeness (QED) is 0.661. The summed E-state index contributed by atoms with van der Waals surface area (Å²) in [6.45, 7) is 7.60. The fraction of sp³-hybridized carbons (Fsp3) is 0.667. The molecule has 0 aromatic heterocycles. The van der Waals surface area contributed by atoms with Crippen LogP contribution in [0.3, 0.4) is 0 Å². The second kappa shape index (κ2) is 8.47. The summed E-state index contributed by atoms with van der Waals surface area (Å²) in [5, 5.41) is 3.14. The summed E-state index contributed by atoms with van der Waals surface area (Å²) < 4.78 is 5.40. The van der Waals surface area contributed by atoms with E-state index in [1.54, 1.807) is 12.1 Å². The van der Waals surface area contributed by atoms with E-state index in [4.69, 9.17) is 4.74 Å². The molecule has 2 N–H and O–H groups in total. The molecule has 0 saturated heterocycles. The zero-order valence-electron chi connectivity index (χ0n) is 17.8. The number of carbonyl (C=O) groups excluding carboxylic acids is 2. The Balaban J connectivity index is 1.31. The second-order valence-corrected chi connectivity index (χ2v) is 9.57. The van der Waals surface area contributed by atoms with Gasteiger partial charge in [0.1, 0.15) is 13.2 Å². The summed E-state index contributed by atoms with van der Waals surface area (Å²) in [6.07, 6.45) is 7.18. The van der Waals surface area contributed by atoms with E-state index in [1.165, 1.54) is 24.2 Å². The lowest BCUT2D eigenvalue weighted by molar-refractivity contribution is -0.896. The highest BCUT2D eigenvalue weighted by Crippen LogP contribution is 2.60. The Kier molecular flexibility index (Phi) is 5.95. The van der Waals surface area contributed by atoms with Crippen LogP contribution in [-0.4, -0.2) is 38.1 Å². The minimum Gasteiger partial charge on any atom is -0.456 e. The van der Waals surface area contributed by atoms with Gasteiger partial charge in [-0.05, 0) is 94.4 Å². The number of hydrogen-bond donors (Lipinski definition) is 2. The summed E-state index contributed by atoms with van der Waals surface area (Å²) in [6, 6.07) is 7.15. The van der Waals surface area contributed by atoms with Crippen molar-refractivity contribution in [1.29, 1.82) is 0 Å². The lowest BCUT2D eigenvalue weighted by Crippen LogP contribution is -3.11. The van der Waals surface area contributed by atoms with Gasteiger partial charge in [-0.2, -0.15) is 0 Å². The molecule has 29 heavy (non-hydrogen) atoms. The Bertz CT molecular complexity index is 704. The lowest BCUT2D eigenvalue weighted by Gasteiger charge is -2.55. The van der Waals surface area contributed by atoms with Crippen molar-refractivity contribution in [2.75, 3.05) is 31.6 Å². The average Bonchev–Trinajstić information content (AvgIpc) is 2.70. The molecule has 4 aliphatic carbocycles. The zero-order chi connectivity index (χ0) is 20.4. The third-order valence-corrected chi connectivity index (χ3v) is 7.59. The molecule has 1 amide bonds. The summed E-state index contributed by atoms with van der Waals surface area (Å²) in [4.78, 5) is 26.8. The number of anilines is 1. The van der Waals surface area contributed by atoms with Gasteiger partial charge < -0.3 is 15.0 Å².